The number of rotatable bonds is 5. The molecule has 0 aromatic carbocycles. The molecule has 0 aromatic rings. The Kier molecular flexibility index (Phi) is 6.53. The van der Waals surface area contributed by atoms with Gasteiger partial charge in [-0.2, -0.15) is 0 Å². The summed E-state index contributed by atoms with van der Waals surface area (Å²) in [5.41, 5.74) is 7.09. The molecule has 0 radical (unpaired) electrons. The van der Waals surface area contributed by atoms with Crippen LogP contribution in [0.4, 0.5) is 0 Å². The highest BCUT2D eigenvalue weighted by atomic mass is 15.1. The minimum Gasteiger partial charge on any atom is -0.329 e. The molecule has 1 heterocycles. The summed E-state index contributed by atoms with van der Waals surface area (Å²) in [5, 5.41) is 0. The van der Waals surface area contributed by atoms with Crippen LogP contribution in [0.3, 0.4) is 0 Å². The number of allylic oxidation sites excluding steroid dienone is 4. The van der Waals surface area contributed by atoms with Crippen molar-refractivity contribution in [3.8, 4) is 0 Å². The van der Waals surface area contributed by atoms with E-state index in [0.29, 0.717) is 5.92 Å². The van der Waals surface area contributed by atoms with Crippen LogP contribution in [-0.2, 0) is 0 Å². The highest BCUT2D eigenvalue weighted by Gasteiger charge is 2.24. The molecule has 2 N–H and O–H groups in total. The summed E-state index contributed by atoms with van der Waals surface area (Å²) >= 11 is 0. The number of nitrogens with two attached hydrogens (primary N) is 1. The van der Waals surface area contributed by atoms with E-state index in [1.807, 2.05) is 0 Å². The van der Waals surface area contributed by atoms with Crippen LogP contribution >= 0.6 is 0 Å². The quantitative estimate of drug-likeness (QED) is 0.744. The molecule has 98 valence electrons. The van der Waals surface area contributed by atoms with Crippen LogP contribution in [0.5, 0.6) is 0 Å². The van der Waals surface area contributed by atoms with Crippen molar-refractivity contribution in [2.45, 2.75) is 33.6 Å². The molecule has 0 saturated carbocycles. The predicted octanol–water partition coefficient (Wildman–Crippen LogP) is 2.82. The lowest BCUT2D eigenvalue weighted by Gasteiger charge is -2.35. The maximum Gasteiger partial charge on any atom is 0.0105 e. The van der Waals surface area contributed by atoms with Gasteiger partial charge in [-0.1, -0.05) is 25.2 Å². The lowest BCUT2D eigenvalue weighted by Crippen LogP contribution is -2.38. The first-order valence-electron chi connectivity index (χ1n) is 6.94. The van der Waals surface area contributed by atoms with Gasteiger partial charge in [-0.3, -0.25) is 0 Å². The highest BCUT2D eigenvalue weighted by molar-refractivity contribution is 5.20. The third-order valence-corrected chi connectivity index (χ3v) is 4.00. The van der Waals surface area contributed by atoms with Crippen LogP contribution in [0.2, 0.25) is 0 Å². The Bertz CT molecular complexity index is 260. The second kappa shape index (κ2) is 7.67. The lowest BCUT2D eigenvalue weighted by atomic mass is 9.80. The molecule has 1 aliphatic heterocycles. The van der Waals surface area contributed by atoms with Crippen molar-refractivity contribution in [3.05, 3.63) is 23.8 Å². The van der Waals surface area contributed by atoms with Crippen LogP contribution in [-0.4, -0.2) is 31.1 Å². The summed E-state index contributed by atoms with van der Waals surface area (Å²) in [6.07, 6.45) is 9.30. The molecule has 0 bridgehead atoms. The number of piperidine rings is 1. The van der Waals surface area contributed by atoms with Crippen LogP contribution < -0.4 is 5.73 Å². The van der Waals surface area contributed by atoms with Gasteiger partial charge in [0, 0.05) is 13.1 Å². The summed E-state index contributed by atoms with van der Waals surface area (Å²) in [7, 11) is 0. The Hall–Kier alpha value is -0.600. The molecule has 0 amide bonds. The molecule has 2 nitrogen and oxygen atoms in total. The van der Waals surface area contributed by atoms with Crippen molar-refractivity contribution in [3.63, 3.8) is 0 Å². The third kappa shape index (κ3) is 4.29. The average molecular weight is 236 g/mol. The molecule has 0 aliphatic carbocycles. The van der Waals surface area contributed by atoms with E-state index < -0.39 is 0 Å². The number of hydrogen-bond donors (Lipinski definition) is 1. The maximum atomic E-state index is 5.60. The second-order valence-corrected chi connectivity index (χ2v) is 5.05. The SMILES string of the molecule is C/C=C\C(=C/C)C(C)C1CCN(CCN)CC1. The Morgan fingerprint density at radius 2 is 2.00 bits per heavy atom. The zero-order valence-electron chi connectivity index (χ0n) is 11.7. The van der Waals surface area contributed by atoms with Crippen molar-refractivity contribution in [2.24, 2.45) is 17.6 Å². The number of likely N-dealkylation sites (tertiary alicyclic amines) is 1. The van der Waals surface area contributed by atoms with E-state index >= 15 is 0 Å². The summed E-state index contributed by atoms with van der Waals surface area (Å²) in [4.78, 5) is 2.49. The van der Waals surface area contributed by atoms with E-state index in [0.717, 1.165) is 19.0 Å². The third-order valence-electron chi connectivity index (χ3n) is 4.00. The van der Waals surface area contributed by atoms with Gasteiger partial charge < -0.3 is 10.6 Å². The van der Waals surface area contributed by atoms with Crippen molar-refractivity contribution < 1.29 is 0 Å². The van der Waals surface area contributed by atoms with Gasteiger partial charge in [-0.05, 0) is 57.2 Å². The molecule has 1 saturated heterocycles. The number of hydrogen-bond acceptors (Lipinski definition) is 2. The minimum absolute atomic E-state index is 0.691. The van der Waals surface area contributed by atoms with Crippen LogP contribution in [0, 0.1) is 11.8 Å². The van der Waals surface area contributed by atoms with E-state index in [-0.39, 0.29) is 0 Å². The Morgan fingerprint density at radius 1 is 1.35 bits per heavy atom. The average Bonchev–Trinajstić information content (AvgIpc) is 2.36. The van der Waals surface area contributed by atoms with E-state index in [2.05, 4.69) is 43.9 Å². The van der Waals surface area contributed by atoms with Gasteiger partial charge in [0.15, 0.2) is 0 Å². The molecular weight excluding hydrogens is 208 g/mol. The molecule has 1 atom stereocenters. The summed E-state index contributed by atoms with van der Waals surface area (Å²) in [6.45, 7) is 10.9. The van der Waals surface area contributed by atoms with Crippen molar-refractivity contribution in [1.82, 2.24) is 4.90 Å². The van der Waals surface area contributed by atoms with E-state index in [1.165, 1.54) is 31.5 Å². The summed E-state index contributed by atoms with van der Waals surface area (Å²) < 4.78 is 0. The first-order chi connectivity index (χ1) is 8.22. The lowest BCUT2D eigenvalue weighted by molar-refractivity contribution is 0.167. The van der Waals surface area contributed by atoms with Crippen molar-refractivity contribution in [2.75, 3.05) is 26.2 Å². The first-order valence-corrected chi connectivity index (χ1v) is 6.94. The van der Waals surface area contributed by atoms with E-state index in [4.69, 9.17) is 5.73 Å². The molecule has 1 fully saturated rings. The smallest absolute Gasteiger partial charge is 0.0105 e. The maximum absolute atomic E-state index is 5.60. The van der Waals surface area contributed by atoms with Crippen molar-refractivity contribution >= 4 is 0 Å². The Balaban J connectivity index is 2.47. The fourth-order valence-corrected chi connectivity index (χ4v) is 2.83. The Labute approximate surface area is 107 Å². The zero-order valence-corrected chi connectivity index (χ0v) is 11.7. The first kappa shape index (κ1) is 14.5. The normalized spacial score (nSPS) is 22.2. The molecule has 1 unspecified atom stereocenters. The van der Waals surface area contributed by atoms with E-state index in [9.17, 15) is 0 Å². The predicted molar refractivity (Wildman–Crippen MR) is 76.0 cm³/mol. The van der Waals surface area contributed by atoms with Gasteiger partial charge in [0.05, 0.1) is 0 Å². The van der Waals surface area contributed by atoms with Gasteiger partial charge in [0.1, 0.15) is 0 Å². The Morgan fingerprint density at radius 3 is 2.47 bits per heavy atom. The molecule has 0 aromatic heterocycles. The molecule has 17 heavy (non-hydrogen) atoms. The summed E-state index contributed by atoms with van der Waals surface area (Å²) in [5.74, 6) is 1.53. The topological polar surface area (TPSA) is 29.3 Å². The number of nitrogens with zero attached hydrogens (tertiary/aromatic N) is 1. The fourth-order valence-electron chi connectivity index (χ4n) is 2.83. The molecule has 1 rings (SSSR count). The van der Waals surface area contributed by atoms with Gasteiger partial charge in [0.25, 0.3) is 0 Å². The van der Waals surface area contributed by atoms with Crippen LogP contribution in [0.25, 0.3) is 0 Å². The minimum atomic E-state index is 0.691. The van der Waals surface area contributed by atoms with Gasteiger partial charge >= 0.3 is 0 Å². The monoisotopic (exact) mass is 236 g/mol. The zero-order chi connectivity index (χ0) is 12.7. The molecule has 1 aliphatic rings. The molecule has 0 spiro atoms. The standard InChI is InChI=1S/C15H28N2/c1-4-6-14(5-2)13(3)15-7-10-17(11-8-15)12-9-16/h4-6,13,15H,7-12,16H2,1-3H3/b6-4-,14-5+. The van der Waals surface area contributed by atoms with Crippen LogP contribution in [0.15, 0.2) is 23.8 Å². The van der Waals surface area contributed by atoms with Crippen LogP contribution in [0.1, 0.15) is 33.6 Å². The van der Waals surface area contributed by atoms with Gasteiger partial charge in [-0.25, -0.2) is 0 Å². The summed E-state index contributed by atoms with van der Waals surface area (Å²) in [6, 6.07) is 0. The largest absolute Gasteiger partial charge is 0.329 e. The van der Waals surface area contributed by atoms with E-state index in [1.54, 1.807) is 0 Å². The fraction of sp³-hybridized carbons (Fsp3) is 0.733. The van der Waals surface area contributed by atoms with Gasteiger partial charge in [-0.15, -0.1) is 0 Å². The highest BCUT2D eigenvalue weighted by Crippen LogP contribution is 2.30. The van der Waals surface area contributed by atoms with Crippen molar-refractivity contribution in [1.29, 1.82) is 0 Å². The molecule has 2 heteroatoms. The molecular formula is C15H28N2. The van der Waals surface area contributed by atoms with Gasteiger partial charge in [0.2, 0.25) is 0 Å². The second-order valence-electron chi connectivity index (χ2n) is 5.05.